The van der Waals surface area contributed by atoms with Crippen LogP contribution in [0.15, 0.2) is 0 Å². The zero-order chi connectivity index (χ0) is 9.97. The average molecular weight is 215 g/mol. The predicted octanol–water partition coefficient (Wildman–Crippen LogP) is 1.19. The van der Waals surface area contributed by atoms with Gasteiger partial charge in [-0.05, 0) is 49.1 Å². The minimum atomic E-state index is -0.684. The lowest BCUT2D eigenvalue weighted by molar-refractivity contribution is -0.139. The molecule has 3 unspecified atom stereocenters. The Labute approximate surface area is 88.6 Å². The standard InChI is InChI=1S/C10H17NO2S/c12-10(13)9-4-8(5-11-9)7-2-1-3-14-6-7/h7-9,11H,1-6H2,(H,12,13). The minimum Gasteiger partial charge on any atom is -0.480 e. The molecule has 2 aliphatic rings. The van der Waals surface area contributed by atoms with Crippen molar-refractivity contribution in [2.75, 3.05) is 18.1 Å². The van der Waals surface area contributed by atoms with Crippen molar-refractivity contribution in [1.29, 1.82) is 0 Å². The zero-order valence-electron chi connectivity index (χ0n) is 8.24. The molecule has 0 radical (unpaired) electrons. The van der Waals surface area contributed by atoms with Gasteiger partial charge in [0.1, 0.15) is 6.04 Å². The second-order valence-corrected chi connectivity index (χ2v) is 5.42. The molecule has 2 rings (SSSR count). The number of nitrogens with one attached hydrogen (secondary N) is 1. The van der Waals surface area contributed by atoms with E-state index in [2.05, 4.69) is 5.32 Å². The summed E-state index contributed by atoms with van der Waals surface area (Å²) in [5.74, 6) is 3.20. The van der Waals surface area contributed by atoms with Crippen LogP contribution in [0.25, 0.3) is 0 Å². The van der Waals surface area contributed by atoms with Crippen molar-refractivity contribution in [3.63, 3.8) is 0 Å². The highest BCUT2D eigenvalue weighted by Gasteiger charge is 2.34. The molecule has 0 saturated carbocycles. The third kappa shape index (κ3) is 2.23. The van der Waals surface area contributed by atoms with E-state index >= 15 is 0 Å². The Kier molecular flexibility index (Phi) is 3.34. The number of aliphatic carboxylic acids is 1. The molecule has 4 heteroatoms. The summed E-state index contributed by atoms with van der Waals surface area (Å²) in [4.78, 5) is 10.8. The predicted molar refractivity (Wildman–Crippen MR) is 57.6 cm³/mol. The summed E-state index contributed by atoms with van der Waals surface area (Å²) in [6.45, 7) is 0.905. The van der Waals surface area contributed by atoms with E-state index in [0.29, 0.717) is 5.92 Å². The Morgan fingerprint density at radius 2 is 2.29 bits per heavy atom. The first-order chi connectivity index (χ1) is 6.77. The van der Waals surface area contributed by atoms with Crippen LogP contribution in [0.4, 0.5) is 0 Å². The van der Waals surface area contributed by atoms with Crippen LogP contribution in [-0.4, -0.2) is 35.2 Å². The lowest BCUT2D eigenvalue weighted by Crippen LogP contribution is -2.30. The van der Waals surface area contributed by atoms with Crippen LogP contribution in [0.3, 0.4) is 0 Å². The smallest absolute Gasteiger partial charge is 0.320 e. The van der Waals surface area contributed by atoms with Crippen molar-refractivity contribution < 1.29 is 9.90 Å². The quantitative estimate of drug-likeness (QED) is 0.726. The van der Waals surface area contributed by atoms with E-state index in [4.69, 9.17) is 5.11 Å². The van der Waals surface area contributed by atoms with Crippen molar-refractivity contribution in [3.8, 4) is 0 Å². The van der Waals surface area contributed by atoms with Crippen molar-refractivity contribution in [3.05, 3.63) is 0 Å². The monoisotopic (exact) mass is 215 g/mol. The molecule has 0 aromatic carbocycles. The van der Waals surface area contributed by atoms with Gasteiger partial charge in [0, 0.05) is 0 Å². The summed E-state index contributed by atoms with van der Waals surface area (Å²) in [6.07, 6.45) is 3.44. The van der Waals surface area contributed by atoms with Crippen LogP contribution < -0.4 is 5.32 Å². The van der Waals surface area contributed by atoms with Crippen molar-refractivity contribution >= 4 is 17.7 Å². The molecule has 2 N–H and O–H groups in total. The molecule has 0 aromatic heterocycles. The number of rotatable bonds is 2. The number of hydrogen-bond acceptors (Lipinski definition) is 3. The molecule has 0 aromatic rings. The highest BCUT2D eigenvalue weighted by atomic mass is 32.2. The maximum Gasteiger partial charge on any atom is 0.320 e. The molecule has 2 heterocycles. The lowest BCUT2D eigenvalue weighted by atomic mass is 9.88. The van der Waals surface area contributed by atoms with E-state index in [1.54, 1.807) is 0 Å². The maximum absolute atomic E-state index is 10.8. The zero-order valence-corrected chi connectivity index (χ0v) is 9.05. The topological polar surface area (TPSA) is 49.3 Å². The third-order valence-electron chi connectivity index (χ3n) is 3.33. The van der Waals surface area contributed by atoms with Crippen LogP contribution in [-0.2, 0) is 4.79 Å². The van der Waals surface area contributed by atoms with Crippen LogP contribution in [0.1, 0.15) is 19.3 Å². The van der Waals surface area contributed by atoms with Crippen LogP contribution in [0.5, 0.6) is 0 Å². The van der Waals surface area contributed by atoms with Crippen molar-refractivity contribution in [2.45, 2.75) is 25.3 Å². The molecular weight excluding hydrogens is 198 g/mol. The summed E-state index contributed by atoms with van der Waals surface area (Å²) in [6, 6.07) is -0.285. The summed E-state index contributed by atoms with van der Waals surface area (Å²) >= 11 is 2.02. The molecule has 3 atom stereocenters. The average Bonchev–Trinajstić information content (AvgIpc) is 2.68. The van der Waals surface area contributed by atoms with Crippen LogP contribution in [0, 0.1) is 11.8 Å². The second-order valence-electron chi connectivity index (χ2n) is 4.27. The van der Waals surface area contributed by atoms with Gasteiger partial charge in [-0.1, -0.05) is 0 Å². The van der Waals surface area contributed by atoms with Crippen LogP contribution in [0.2, 0.25) is 0 Å². The number of carbonyl (C=O) groups is 1. The SMILES string of the molecule is O=C(O)C1CC(C2CCCSC2)CN1. The first-order valence-electron chi connectivity index (χ1n) is 5.31. The fraction of sp³-hybridized carbons (Fsp3) is 0.900. The molecule has 2 saturated heterocycles. The van der Waals surface area contributed by atoms with Gasteiger partial charge >= 0.3 is 5.97 Å². The maximum atomic E-state index is 10.8. The van der Waals surface area contributed by atoms with Gasteiger partial charge in [-0.15, -0.1) is 0 Å². The molecule has 3 nitrogen and oxygen atoms in total. The minimum absolute atomic E-state index is 0.285. The van der Waals surface area contributed by atoms with E-state index in [1.165, 1.54) is 24.3 Å². The highest BCUT2D eigenvalue weighted by molar-refractivity contribution is 7.99. The van der Waals surface area contributed by atoms with E-state index in [1.807, 2.05) is 11.8 Å². The molecule has 0 amide bonds. The van der Waals surface area contributed by atoms with Crippen molar-refractivity contribution in [2.24, 2.45) is 11.8 Å². The van der Waals surface area contributed by atoms with E-state index in [-0.39, 0.29) is 6.04 Å². The van der Waals surface area contributed by atoms with E-state index < -0.39 is 5.97 Å². The highest BCUT2D eigenvalue weighted by Crippen LogP contribution is 2.33. The normalized spacial score (nSPS) is 38.4. The lowest BCUT2D eigenvalue weighted by Gasteiger charge is -2.26. The molecule has 0 spiro atoms. The number of thioether (sulfide) groups is 1. The van der Waals surface area contributed by atoms with Gasteiger partial charge in [-0.2, -0.15) is 11.8 Å². The van der Waals surface area contributed by atoms with Crippen molar-refractivity contribution in [1.82, 2.24) is 5.32 Å². The van der Waals surface area contributed by atoms with Gasteiger partial charge in [0.15, 0.2) is 0 Å². The molecular formula is C10H17NO2S. The number of carboxylic acids is 1. The summed E-state index contributed by atoms with van der Waals surface area (Å²) in [5.41, 5.74) is 0. The molecule has 2 fully saturated rings. The fourth-order valence-corrected chi connectivity index (χ4v) is 3.73. The van der Waals surface area contributed by atoms with Gasteiger partial charge in [0.05, 0.1) is 0 Å². The first-order valence-corrected chi connectivity index (χ1v) is 6.47. The Morgan fingerprint density at radius 1 is 1.43 bits per heavy atom. The largest absolute Gasteiger partial charge is 0.480 e. The van der Waals surface area contributed by atoms with Gasteiger partial charge < -0.3 is 10.4 Å². The summed E-state index contributed by atoms with van der Waals surface area (Å²) < 4.78 is 0. The fourth-order valence-electron chi connectivity index (χ4n) is 2.45. The molecule has 80 valence electrons. The van der Waals surface area contributed by atoms with Gasteiger partial charge in [-0.3, -0.25) is 4.79 Å². The van der Waals surface area contributed by atoms with Gasteiger partial charge in [-0.25, -0.2) is 0 Å². The second kappa shape index (κ2) is 4.53. The van der Waals surface area contributed by atoms with Gasteiger partial charge in [0.25, 0.3) is 0 Å². The Morgan fingerprint density at radius 3 is 2.86 bits per heavy atom. The Balaban J connectivity index is 1.85. The first kappa shape index (κ1) is 10.3. The molecule has 2 aliphatic heterocycles. The third-order valence-corrected chi connectivity index (χ3v) is 4.57. The molecule has 0 bridgehead atoms. The molecule has 14 heavy (non-hydrogen) atoms. The summed E-state index contributed by atoms with van der Waals surface area (Å²) in [7, 11) is 0. The van der Waals surface area contributed by atoms with Gasteiger partial charge in [0.2, 0.25) is 0 Å². The van der Waals surface area contributed by atoms with E-state index in [9.17, 15) is 4.79 Å². The van der Waals surface area contributed by atoms with Crippen LogP contribution >= 0.6 is 11.8 Å². The number of carboxylic acid groups (broad SMARTS) is 1. The number of hydrogen-bond donors (Lipinski definition) is 2. The summed E-state index contributed by atoms with van der Waals surface area (Å²) in [5, 5.41) is 12.0. The van der Waals surface area contributed by atoms with E-state index in [0.717, 1.165) is 18.9 Å². The Bertz CT molecular complexity index is 216. The molecule has 0 aliphatic carbocycles. The Hall–Kier alpha value is -0.220.